The molecule has 5 nitrogen and oxygen atoms in total. The van der Waals surface area contributed by atoms with Crippen molar-refractivity contribution in [3.8, 4) is 6.07 Å². The maximum Gasteiger partial charge on any atom is 0.278 e. The van der Waals surface area contributed by atoms with Crippen molar-refractivity contribution in [2.24, 2.45) is 0 Å². The van der Waals surface area contributed by atoms with Crippen molar-refractivity contribution in [1.82, 2.24) is 9.44 Å². The van der Waals surface area contributed by atoms with Crippen LogP contribution in [0, 0.1) is 11.3 Å². The van der Waals surface area contributed by atoms with Crippen molar-refractivity contribution in [3.63, 3.8) is 0 Å². The second-order valence-corrected chi connectivity index (χ2v) is 6.08. The van der Waals surface area contributed by atoms with Gasteiger partial charge < -0.3 is 0 Å². The summed E-state index contributed by atoms with van der Waals surface area (Å²) >= 11 is 0. The largest absolute Gasteiger partial charge is 0.278 e. The molecule has 1 rings (SSSR count). The molecule has 1 aliphatic carbocycles. The molecule has 92 valence electrons. The van der Waals surface area contributed by atoms with Crippen LogP contribution >= 0.6 is 0 Å². The third kappa shape index (κ3) is 3.74. The minimum atomic E-state index is -3.57. The molecule has 0 aromatic carbocycles. The Morgan fingerprint density at radius 1 is 1.25 bits per heavy atom. The minimum absolute atomic E-state index is 0.170. The number of nitriles is 1. The molecule has 0 radical (unpaired) electrons. The Balaban J connectivity index is 2.73. The molecule has 0 saturated heterocycles. The van der Waals surface area contributed by atoms with Crippen LogP contribution < -0.4 is 9.44 Å². The molecule has 0 bridgehead atoms. The van der Waals surface area contributed by atoms with Gasteiger partial charge in [0.05, 0.1) is 6.07 Å². The predicted octanol–water partition coefficient (Wildman–Crippen LogP) is 1.05. The molecule has 0 unspecified atom stereocenters. The quantitative estimate of drug-likeness (QED) is 0.776. The smallest absolute Gasteiger partial charge is 0.200 e. The fourth-order valence-electron chi connectivity index (χ4n) is 1.99. The third-order valence-corrected chi connectivity index (χ3v) is 4.08. The molecule has 0 amide bonds. The SMILES string of the molecule is CC(C)NS(=O)(=O)NC1(C#N)CCCCC1. The highest BCUT2D eigenvalue weighted by Gasteiger charge is 2.36. The van der Waals surface area contributed by atoms with Crippen molar-refractivity contribution in [3.05, 3.63) is 0 Å². The normalized spacial score (nSPS) is 20.6. The second kappa shape index (κ2) is 5.13. The lowest BCUT2D eigenvalue weighted by molar-refractivity contribution is 0.336. The van der Waals surface area contributed by atoms with E-state index in [4.69, 9.17) is 5.26 Å². The lowest BCUT2D eigenvalue weighted by Crippen LogP contribution is -2.53. The minimum Gasteiger partial charge on any atom is -0.200 e. The van der Waals surface area contributed by atoms with Gasteiger partial charge in [-0.05, 0) is 26.7 Å². The van der Waals surface area contributed by atoms with Crippen molar-refractivity contribution in [2.75, 3.05) is 0 Å². The van der Waals surface area contributed by atoms with E-state index < -0.39 is 15.7 Å². The molecule has 0 aliphatic heterocycles. The van der Waals surface area contributed by atoms with Gasteiger partial charge in [-0.3, -0.25) is 0 Å². The van der Waals surface area contributed by atoms with Gasteiger partial charge in [0.15, 0.2) is 0 Å². The van der Waals surface area contributed by atoms with Crippen molar-refractivity contribution < 1.29 is 8.42 Å². The summed E-state index contributed by atoms with van der Waals surface area (Å²) in [6, 6.07) is 1.95. The van der Waals surface area contributed by atoms with Crippen LogP contribution in [0.2, 0.25) is 0 Å². The van der Waals surface area contributed by atoms with E-state index in [1.54, 1.807) is 13.8 Å². The summed E-state index contributed by atoms with van der Waals surface area (Å²) in [4.78, 5) is 0. The molecular weight excluding hydrogens is 226 g/mol. The van der Waals surface area contributed by atoms with Crippen LogP contribution in [0.1, 0.15) is 46.0 Å². The Hall–Kier alpha value is -0.640. The lowest BCUT2D eigenvalue weighted by Gasteiger charge is -2.31. The first kappa shape index (κ1) is 13.4. The highest BCUT2D eigenvalue weighted by Crippen LogP contribution is 2.27. The van der Waals surface area contributed by atoms with E-state index in [0.717, 1.165) is 19.3 Å². The molecule has 6 heteroatoms. The highest BCUT2D eigenvalue weighted by atomic mass is 32.2. The van der Waals surface area contributed by atoms with E-state index >= 15 is 0 Å². The molecule has 1 saturated carbocycles. The fraction of sp³-hybridized carbons (Fsp3) is 0.900. The van der Waals surface area contributed by atoms with Gasteiger partial charge in [0.2, 0.25) is 0 Å². The first-order valence-electron chi connectivity index (χ1n) is 5.62. The standard InChI is InChI=1S/C10H19N3O2S/c1-9(2)12-16(14,15)13-10(8-11)6-4-3-5-7-10/h9,12-13H,3-7H2,1-2H3. The fourth-order valence-corrected chi connectivity index (χ4v) is 3.43. The number of rotatable bonds is 4. The van der Waals surface area contributed by atoms with E-state index in [1.165, 1.54) is 0 Å². The molecule has 1 fully saturated rings. The van der Waals surface area contributed by atoms with Crippen LogP contribution in [-0.2, 0) is 10.2 Å². The average molecular weight is 245 g/mol. The van der Waals surface area contributed by atoms with Gasteiger partial charge in [-0.25, -0.2) is 0 Å². The maximum atomic E-state index is 11.7. The zero-order valence-electron chi connectivity index (χ0n) is 9.78. The molecule has 16 heavy (non-hydrogen) atoms. The van der Waals surface area contributed by atoms with Gasteiger partial charge in [-0.15, -0.1) is 0 Å². The first-order valence-corrected chi connectivity index (χ1v) is 7.10. The molecule has 0 aromatic rings. The zero-order chi connectivity index (χ0) is 12.2. The summed E-state index contributed by atoms with van der Waals surface area (Å²) in [5, 5.41) is 9.13. The Morgan fingerprint density at radius 2 is 1.81 bits per heavy atom. The maximum absolute atomic E-state index is 11.7. The van der Waals surface area contributed by atoms with Crippen LogP contribution in [0.25, 0.3) is 0 Å². The summed E-state index contributed by atoms with van der Waals surface area (Å²) in [5.41, 5.74) is -0.904. The van der Waals surface area contributed by atoms with Crippen LogP contribution in [-0.4, -0.2) is 20.0 Å². The van der Waals surface area contributed by atoms with Crippen molar-refractivity contribution in [1.29, 1.82) is 5.26 Å². The van der Waals surface area contributed by atoms with E-state index in [-0.39, 0.29) is 6.04 Å². The number of hydrogen-bond donors (Lipinski definition) is 2. The zero-order valence-corrected chi connectivity index (χ0v) is 10.6. The van der Waals surface area contributed by atoms with Gasteiger partial charge in [0, 0.05) is 6.04 Å². The lowest BCUT2D eigenvalue weighted by atomic mass is 9.84. The molecule has 0 atom stereocenters. The summed E-state index contributed by atoms with van der Waals surface area (Å²) < 4.78 is 28.3. The molecule has 0 heterocycles. The predicted molar refractivity (Wildman–Crippen MR) is 61.8 cm³/mol. The molecule has 2 N–H and O–H groups in total. The Kier molecular flexibility index (Phi) is 4.30. The van der Waals surface area contributed by atoms with Crippen LogP contribution in [0.3, 0.4) is 0 Å². The first-order chi connectivity index (χ1) is 7.39. The summed E-state index contributed by atoms with van der Waals surface area (Å²) in [7, 11) is -3.57. The molecule has 0 spiro atoms. The monoisotopic (exact) mass is 245 g/mol. The topological polar surface area (TPSA) is 82.0 Å². The van der Waals surface area contributed by atoms with Gasteiger partial charge in [-0.1, -0.05) is 19.3 Å². The number of hydrogen-bond acceptors (Lipinski definition) is 3. The Bertz CT molecular complexity index is 364. The second-order valence-electron chi connectivity index (χ2n) is 4.63. The summed E-state index contributed by atoms with van der Waals surface area (Å²) in [6.07, 6.45) is 4.07. The Morgan fingerprint density at radius 3 is 2.25 bits per heavy atom. The van der Waals surface area contributed by atoms with Crippen LogP contribution in [0.15, 0.2) is 0 Å². The van der Waals surface area contributed by atoms with E-state index in [0.29, 0.717) is 12.8 Å². The number of nitrogens with one attached hydrogen (secondary N) is 2. The van der Waals surface area contributed by atoms with Gasteiger partial charge >= 0.3 is 0 Å². The third-order valence-electron chi connectivity index (χ3n) is 2.64. The van der Waals surface area contributed by atoms with Crippen LogP contribution in [0.4, 0.5) is 0 Å². The van der Waals surface area contributed by atoms with Crippen molar-refractivity contribution in [2.45, 2.75) is 57.5 Å². The van der Waals surface area contributed by atoms with Gasteiger partial charge in [-0.2, -0.15) is 23.1 Å². The van der Waals surface area contributed by atoms with Crippen molar-refractivity contribution >= 4 is 10.2 Å². The molecular formula is C10H19N3O2S. The molecule has 0 aromatic heterocycles. The van der Waals surface area contributed by atoms with Gasteiger partial charge in [0.25, 0.3) is 10.2 Å². The summed E-state index contributed by atoms with van der Waals surface area (Å²) in [6.45, 7) is 3.50. The van der Waals surface area contributed by atoms with E-state index in [1.807, 2.05) is 0 Å². The van der Waals surface area contributed by atoms with Gasteiger partial charge in [0.1, 0.15) is 5.54 Å². The van der Waals surface area contributed by atoms with Crippen LogP contribution in [0.5, 0.6) is 0 Å². The number of nitrogens with zero attached hydrogens (tertiary/aromatic N) is 1. The van der Waals surface area contributed by atoms with E-state index in [9.17, 15) is 8.42 Å². The average Bonchev–Trinajstić information content (AvgIpc) is 2.16. The molecule has 1 aliphatic rings. The van der Waals surface area contributed by atoms with E-state index in [2.05, 4.69) is 15.5 Å². The Labute approximate surface area is 97.4 Å². The highest BCUT2D eigenvalue weighted by molar-refractivity contribution is 7.87. The summed E-state index contributed by atoms with van der Waals surface area (Å²) in [5.74, 6) is 0.